The second-order valence-electron chi connectivity index (χ2n) is 11.9. The van der Waals surface area contributed by atoms with Gasteiger partial charge in [-0.05, 0) is 11.6 Å². The fraction of sp³-hybridized carbons (Fsp3) is 0.852. The first kappa shape index (κ1) is 36.8. The fourth-order valence-electron chi connectivity index (χ4n) is 6.40. The highest BCUT2D eigenvalue weighted by atomic mass is 16.8. The van der Waals surface area contributed by atoms with Gasteiger partial charge in [0.1, 0.15) is 85.0 Å². The standard InChI is InChI=1S/C27H42O20/c28-4-8-3-12(32)27(1-2-41-23(13(8)27)46-25-20(39)18(37)15(34)10(6-30)43-25)47-26-21(40)22(16(35)11(7-31)44-26)45-24-19(38)17(36)14(33)9(5-29)42-24/h1-3,9-26,28-40H,4-7H2/t9-,10-,11-,12-,13+,14-,15-,16-,17+,18+,19-,20-,21-,22+,23+,24+,25+,26+,27-/m1/s1. The van der Waals surface area contributed by atoms with Crippen molar-refractivity contribution in [3.05, 3.63) is 24.0 Å². The molecule has 0 spiro atoms. The summed E-state index contributed by atoms with van der Waals surface area (Å²) in [4.78, 5) is 0. The first-order chi connectivity index (χ1) is 22.3. The Hall–Kier alpha value is -1.48. The molecule has 1 aliphatic carbocycles. The molecule has 0 aromatic heterocycles. The van der Waals surface area contributed by atoms with Gasteiger partial charge in [-0.25, -0.2) is 0 Å². The third kappa shape index (κ3) is 6.59. The van der Waals surface area contributed by atoms with E-state index < -0.39 is 142 Å². The maximum absolute atomic E-state index is 11.3. The second-order valence-corrected chi connectivity index (χ2v) is 11.9. The van der Waals surface area contributed by atoms with Crippen LogP contribution in [0.1, 0.15) is 0 Å². The van der Waals surface area contributed by atoms with Crippen LogP contribution in [0.15, 0.2) is 24.0 Å². The van der Waals surface area contributed by atoms with E-state index in [2.05, 4.69) is 0 Å². The summed E-state index contributed by atoms with van der Waals surface area (Å²) in [7, 11) is 0. The van der Waals surface area contributed by atoms with E-state index in [0.29, 0.717) is 0 Å². The zero-order valence-electron chi connectivity index (χ0n) is 24.6. The van der Waals surface area contributed by atoms with Gasteiger partial charge in [0, 0.05) is 0 Å². The van der Waals surface area contributed by atoms with Crippen molar-refractivity contribution in [1.29, 1.82) is 0 Å². The Morgan fingerprint density at radius 1 is 0.574 bits per heavy atom. The molecular weight excluding hydrogens is 644 g/mol. The molecule has 0 amide bonds. The predicted octanol–water partition coefficient (Wildman–Crippen LogP) is -8.04. The first-order valence-corrected chi connectivity index (χ1v) is 14.9. The zero-order chi connectivity index (χ0) is 34.4. The van der Waals surface area contributed by atoms with E-state index in [1.807, 2.05) is 0 Å². The number of hydrogen-bond donors (Lipinski definition) is 13. The van der Waals surface area contributed by atoms with Crippen LogP contribution in [0.2, 0.25) is 0 Å². The molecular formula is C27H42O20. The molecule has 5 rings (SSSR count). The summed E-state index contributed by atoms with van der Waals surface area (Å²) in [6.45, 7) is -3.09. The topological polar surface area (TPSA) is 328 Å². The van der Waals surface area contributed by atoms with Gasteiger partial charge < -0.3 is 99.5 Å². The van der Waals surface area contributed by atoms with Gasteiger partial charge in [-0.3, -0.25) is 0 Å². The number of fused-ring (bicyclic) bond motifs is 1. The highest BCUT2D eigenvalue weighted by Crippen LogP contribution is 2.48. The van der Waals surface area contributed by atoms with Crippen molar-refractivity contribution in [3.63, 3.8) is 0 Å². The quantitative estimate of drug-likeness (QED) is 0.0949. The molecule has 4 aliphatic heterocycles. The second kappa shape index (κ2) is 14.8. The summed E-state index contributed by atoms with van der Waals surface area (Å²) >= 11 is 0. The van der Waals surface area contributed by atoms with Gasteiger partial charge in [0.05, 0.1) is 38.6 Å². The molecule has 0 aromatic rings. The number of aliphatic hydroxyl groups is 13. The molecule has 270 valence electrons. The van der Waals surface area contributed by atoms with Crippen molar-refractivity contribution in [1.82, 2.24) is 0 Å². The van der Waals surface area contributed by atoms with Gasteiger partial charge >= 0.3 is 0 Å². The molecule has 5 aliphatic rings. The summed E-state index contributed by atoms with van der Waals surface area (Å²) in [5.74, 6) is -1.29. The minimum absolute atomic E-state index is 0.0783. The lowest BCUT2D eigenvalue weighted by Crippen LogP contribution is -2.66. The maximum Gasteiger partial charge on any atom is 0.211 e. The van der Waals surface area contributed by atoms with Crippen molar-refractivity contribution in [3.8, 4) is 0 Å². The molecule has 4 heterocycles. The lowest BCUT2D eigenvalue weighted by atomic mass is 9.82. The molecule has 20 nitrogen and oxygen atoms in total. The Morgan fingerprint density at radius 3 is 1.62 bits per heavy atom. The van der Waals surface area contributed by atoms with Gasteiger partial charge in [0.2, 0.25) is 6.29 Å². The number of aliphatic hydroxyl groups excluding tert-OH is 13. The SMILES string of the molecule is OCC1=C[C@@H](O)[C@]2(O[C@@H]3O[C@H](CO)[C@@H](O)[C@H](O[C@@H]4O[C@H](CO)[C@@H](O)[C@H](O)[C@H]4O)[C@H]3O)C=CO[C@@H](O[C@@H]3O[C@H](CO)[C@@H](O)[C@H](O)[C@H]3O)[C@H]12. The molecule has 0 bridgehead atoms. The summed E-state index contributed by atoms with van der Waals surface area (Å²) in [5, 5.41) is 134. The molecule has 0 aromatic carbocycles. The van der Waals surface area contributed by atoms with Gasteiger partial charge in [-0.15, -0.1) is 0 Å². The van der Waals surface area contributed by atoms with E-state index >= 15 is 0 Å². The van der Waals surface area contributed by atoms with Crippen LogP contribution in [0.4, 0.5) is 0 Å². The average Bonchev–Trinajstić information content (AvgIpc) is 3.35. The largest absolute Gasteiger partial charge is 0.472 e. The van der Waals surface area contributed by atoms with Crippen molar-refractivity contribution in [2.24, 2.45) is 5.92 Å². The average molecular weight is 687 g/mol. The van der Waals surface area contributed by atoms with Crippen molar-refractivity contribution >= 4 is 0 Å². The Kier molecular flexibility index (Phi) is 11.6. The molecule has 19 atom stereocenters. The molecule has 3 fully saturated rings. The molecule has 47 heavy (non-hydrogen) atoms. The smallest absolute Gasteiger partial charge is 0.211 e. The van der Waals surface area contributed by atoms with Crippen LogP contribution < -0.4 is 0 Å². The van der Waals surface area contributed by atoms with Crippen LogP contribution in [0.25, 0.3) is 0 Å². The van der Waals surface area contributed by atoms with Crippen LogP contribution >= 0.6 is 0 Å². The monoisotopic (exact) mass is 686 g/mol. The number of ether oxygens (including phenoxy) is 7. The normalized spacial score (nSPS) is 51.7. The van der Waals surface area contributed by atoms with E-state index in [1.165, 1.54) is 12.2 Å². The van der Waals surface area contributed by atoms with E-state index in [0.717, 1.165) is 6.26 Å². The Morgan fingerprint density at radius 2 is 1.09 bits per heavy atom. The Bertz CT molecular complexity index is 1110. The van der Waals surface area contributed by atoms with Crippen molar-refractivity contribution in [2.75, 3.05) is 26.4 Å². The van der Waals surface area contributed by atoms with Gasteiger partial charge in [0.25, 0.3) is 0 Å². The summed E-state index contributed by atoms with van der Waals surface area (Å²) < 4.78 is 39.4. The fourth-order valence-corrected chi connectivity index (χ4v) is 6.40. The third-order valence-electron chi connectivity index (χ3n) is 9.11. The van der Waals surface area contributed by atoms with Crippen molar-refractivity contribution in [2.45, 2.75) is 110 Å². The Balaban J connectivity index is 1.40. The number of rotatable bonds is 10. The Labute approximate surface area is 266 Å². The predicted molar refractivity (Wildman–Crippen MR) is 144 cm³/mol. The first-order valence-electron chi connectivity index (χ1n) is 14.9. The van der Waals surface area contributed by atoms with Crippen LogP contribution in [-0.4, -0.2) is 203 Å². The van der Waals surface area contributed by atoms with Gasteiger partial charge in [0.15, 0.2) is 18.9 Å². The lowest BCUT2D eigenvalue weighted by molar-refractivity contribution is -0.380. The summed E-state index contributed by atoms with van der Waals surface area (Å²) in [6, 6.07) is 0. The molecule has 13 N–H and O–H groups in total. The van der Waals surface area contributed by atoms with Crippen LogP contribution in [-0.2, 0) is 33.2 Å². The van der Waals surface area contributed by atoms with E-state index in [-0.39, 0.29) is 5.57 Å². The molecule has 0 unspecified atom stereocenters. The van der Waals surface area contributed by atoms with Crippen molar-refractivity contribution < 1.29 is 99.5 Å². The molecule has 3 saturated heterocycles. The lowest BCUT2D eigenvalue weighted by Gasteiger charge is -2.50. The molecule has 20 heteroatoms. The summed E-state index contributed by atoms with van der Waals surface area (Å²) in [6.07, 6.45) is -25.8. The summed E-state index contributed by atoms with van der Waals surface area (Å²) in [5.41, 5.74) is -1.91. The highest BCUT2D eigenvalue weighted by molar-refractivity contribution is 5.34. The van der Waals surface area contributed by atoms with Crippen LogP contribution in [0, 0.1) is 5.92 Å². The molecule has 0 saturated carbocycles. The van der Waals surface area contributed by atoms with E-state index in [9.17, 15) is 66.4 Å². The van der Waals surface area contributed by atoms with Crippen LogP contribution in [0.5, 0.6) is 0 Å². The zero-order valence-corrected chi connectivity index (χ0v) is 24.6. The highest BCUT2D eigenvalue weighted by Gasteiger charge is 2.61. The van der Waals surface area contributed by atoms with E-state index in [4.69, 9.17) is 33.2 Å². The van der Waals surface area contributed by atoms with Gasteiger partial charge in [-0.2, -0.15) is 0 Å². The maximum atomic E-state index is 11.3. The minimum atomic E-state index is -1.99. The third-order valence-corrected chi connectivity index (χ3v) is 9.11. The number of hydrogen-bond acceptors (Lipinski definition) is 20. The van der Waals surface area contributed by atoms with Crippen LogP contribution in [0.3, 0.4) is 0 Å². The molecule has 0 radical (unpaired) electrons. The van der Waals surface area contributed by atoms with E-state index in [1.54, 1.807) is 0 Å². The minimum Gasteiger partial charge on any atom is -0.472 e. The van der Waals surface area contributed by atoms with Gasteiger partial charge in [-0.1, -0.05) is 6.08 Å².